The lowest BCUT2D eigenvalue weighted by Gasteiger charge is -2.12. The van der Waals surface area contributed by atoms with Gasteiger partial charge in [0.1, 0.15) is 6.61 Å². The van der Waals surface area contributed by atoms with E-state index in [0.29, 0.717) is 12.2 Å². The molecule has 0 amide bonds. The second-order valence-corrected chi connectivity index (χ2v) is 4.08. The highest BCUT2D eigenvalue weighted by Crippen LogP contribution is 2.20. The highest BCUT2D eigenvalue weighted by Gasteiger charge is 2.17. The quantitative estimate of drug-likeness (QED) is 0.369. The predicted molar refractivity (Wildman–Crippen MR) is 63.4 cm³/mol. The molecular formula is C12H15FN2O3. The Balaban J connectivity index is 2.00. The smallest absolute Gasteiger partial charge is 0.170 e. The normalized spacial score (nSPS) is 20.1. The summed E-state index contributed by atoms with van der Waals surface area (Å²) in [6.07, 6.45) is 1.98. The van der Waals surface area contributed by atoms with Gasteiger partial charge in [-0.2, -0.15) is 0 Å². The van der Waals surface area contributed by atoms with Crippen LogP contribution >= 0.6 is 0 Å². The summed E-state index contributed by atoms with van der Waals surface area (Å²) < 4.78 is 24.4. The molecule has 18 heavy (non-hydrogen) atoms. The summed E-state index contributed by atoms with van der Waals surface area (Å²) in [7, 11) is 0. The first-order chi connectivity index (χ1) is 8.70. The van der Waals surface area contributed by atoms with Crippen LogP contribution in [0.2, 0.25) is 0 Å². The molecule has 0 spiro atoms. The van der Waals surface area contributed by atoms with E-state index in [-0.39, 0.29) is 17.7 Å². The number of ether oxygens (including phenoxy) is 2. The van der Waals surface area contributed by atoms with E-state index < -0.39 is 5.82 Å². The average molecular weight is 254 g/mol. The van der Waals surface area contributed by atoms with Crippen molar-refractivity contribution in [2.45, 2.75) is 18.9 Å². The van der Waals surface area contributed by atoms with Gasteiger partial charge in [-0.3, -0.25) is 0 Å². The van der Waals surface area contributed by atoms with Crippen LogP contribution in [0, 0.1) is 5.82 Å². The molecule has 1 fully saturated rings. The Morgan fingerprint density at radius 3 is 3.06 bits per heavy atom. The van der Waals surface area contributed by atoms with E-state index in [2.05, 4.69) is 5.16 Å². The molecule has 3 N–H and O–H groups in total. The molecule has 0 radical (unpaired) electrons. The third-order valence-electron chi connectivity index (χ3n) is 2.78. The van der Waals surface area contributed by atoms with E-state index >= 15 is 0 Å². The largest absolute Gasteiger partial charge is 0.488 e. The van der Waals surface area contributed by atoms with Crippen molar-refractivity contribution in [2.24, 2.45) is 10.9 Å². The van der Waals surface area contributed by atoms with Gasteiger partial charge in [-0.15, -0.1) is 0 Å². The van der Waals surface area contributed by atoms with Gasteiger partial charge in [0.2, 0.25) is 0 Å². The van der Waals surface area contributed by atoms with Crippen molar-refractivity contribution in [2.75, 3.05) is 13.2 Å². The third kappa shape index (κ3) is 2.89. The van der Waals surface area contributed by atoms with Crippen LogP contribution in [0.25, 0.3) is 0 Å². The fraction of sp³-hybridized carbons (Fsp3) is 0.417. The average Bonchev–Trinajstić information content (AvgIpc) is 2.89. The molecule has 0 bridgehead atoms. The van der Waals surface area contributed by atoms with Crippen molar-refractivity contribution < 1.29 is 19.1 Å². The monoisotopic (exact) mass is 254 g/mol. The SMILES string of the molecule is N/C(=N\O)c1ccc(OCC2CCCO2)c(F)c1. The maximum atomic E-state index is 13.7. The van der Waals surface area contributed by atoms with E-state index in [0.717, 1.165) is 19.4 Å². The van der Waals surface area contributed by atoms with Crippen LogP contribution in [0.1, 0.15) is 18.4 Å². The lowest BCUT2D eigenvalue weighted by molar-refractivity contribution is 0.0666. The Kier molecular flexibility index (Phi) is 3.99. The Bertz CT molecular complexity index is 445. The second-order valence-electron chi connectivity index (χ2n) is 4.08. The van der Waals surface area contributed by atoms with E-state index in [9.17, 15) is 4.39 Å². The number of nitrogens with two attached hydrogens (primary N) is 1. The molecule has 1 heterocycles. The Hall–Kier alpha value is -1.82. The van der Waals surface area contributed by atoms with Crippen molar-refractivity contribution in [1.29, 1.82) is 0 Å². The topological polar surface area (TPSA) is 77.1 Å². The molecule has 0 aliphatic carbocycles. The zero-order chi connectivity index (χ0) is 13.0. The van der Waals surface area contributed by atoms with E-state index in [1.165, 1.54) is 18.2 Å². The van der Waals surface area contributed by atoms with Gasteiger partial charge in [0.25, 0.3) is 0 Å². The minimum Gasteiger partial charge on any atom is -0.488 e. The van der Waals surface area contributed by atoms with Crippen LogP contribution in [-0.4, -0.2) is 30.4 Å². The Morgan fingerprint density at radius 2 is 2.44 bits per heavy atom. The first-order valence-corrected chi connectivity index (χ1v) is 5.72. The molecule has 0 aromatic heterocycles. The lowest BCUT2D eigenvalue weighted by atomic mass is 10.2. The molecule has 1 aromatic carbocycles. The van der Waals surface area contributed by atoms with Gasteiger partial charge in [-0.1, -0.05) is 5.16 Å². The molecule has 1 atom stereocenters. The fourth-order valence-corrected chi connectivity index (χ4v) is 1.79. The van der Waals surface area contributed by atoms with Gasteiger partial charge in [0, 0.05) is 12.2 Å². The molecule has 98 valence electrons. The summed E-state index contributed by atoms with van der Waals surface area (Å²) in [5, 5.41) is 11.3. The summed E-state index contributed by atoms with van der Waals surface area (Å²) in [6, 6.07) is 4.15. The van der Waals surface area contributed by atoms with Gasteiger partial charge in [0.05, 0.1) is 6.10 Å². The number of hydrogen-bond acceptors (Lipinski definition) is 4. The van der Waals surface area contributed by atoms with Crippen LogP contribution in [0.4, 0.5) is 4.39 Å². The van der Waals surface area contributed by atoms with Crippen LogP contribution < -0.4 is 10.5 Å². The number of nitrogens with zero attached hydrogens (tertiary/aromatic N) is 1. The maximum absolute atomic E-state index is 13.7. The summed E-state index contributed by atoms with van der Waals surface area (Å²) in [6.45, 7) is 1.07. The van der Waals surface area contributed by atoms with E-state index in [1.807, 2.05) is 0 Å². The van der Waals surface area contributed by atoms with Crippen molar-refractivity contribution >= 4 is 5.84 Å². The summed E-state index contributed by atoms with van der Waals surface area (Å²) in [5.41, 5.74) is 5.66. The first-order valence-electron chi connectivity index (χ1n) is 5.72. The highest BCUT2D eigenvalue weighted by atomic mass is 19.1. The van der Waals surface area contributed by atoms with Crippen molar-refractivity contribution in [1.82, 2.24) is 0 Å². The number of amidine groups is 1. The number of hydrogen-bond donors (Lipinski definition) is 2. The summed E-state index contributed by atoms with van der Waals surface area (Å²) >= 11 is 0. The lowest BCUT2D eigenvalue weighted by Crippen LogP contribution is -2.17. The van der Waals surface area contributed by atoms with E-state index in [4.69, 9.17) is 20.4 Å². The van der Waals surface area contributed by atoms with Gasteiger partial charge < -0.3 is 20.4 Å². The molecule has 1 saturated heterocycles. The molecule has 0 saturated carbocycles. The molecule has 1 aromatic rings. The Labute approximate surface area is 104 Å². The number of oxime groups is 1. The zero-order valence-corrected chi connectivity index (χ0v) is 9.80. The van der Waals surface area contributed by atoms with Crippen LogP contribution in [0.3, 0.4) is 0 Å². The van der Waals surface area contributed by atoms with Crippen molar-refractivity contribution in [3.8, 4) is 5.75 Å². The maximum Gasteiger partial charge on any atom is 0.170 e. The minimum atomic E-state index is -0.544. The zero-order valence-electron chi connectivity index (χ0n) is 9.80. The molecule has 1 aliphatic rings. The van der Waals surface area contributed by atoms with Crippen molar-refractivity contribution in [3.63, 3.8) is 0 Å². The van der Waals surface area contributed by atoms with Crippen LogP contribution in [0.15, 0.2) is 23.4 Å². The number of halogens is 1. The van der Waals surface area contributed by atoms with Crippen LogP contribution in [0.5, 0.6) is 5.75 Å². The number of benzene rings is 1. The standard InChI is InChI=1S/C12H15FN2O3/c13-10-6-8(12(14)15-16)3-4-11(10)18-7-9-2-1-5-17-9/h3-4,6,9,16H,1-2,5,7H2,(H2,14,15). The molecular weight excluding hydrogens is 239 g/mol. The Morgan fingerprint density at radius 1 is 1.61 bits per heavy atom. The van der Waals surface area contributed by atoms with Crippen LogP contribution in [-0.2, 0) is 4.74 Å². The highest BCUT2D eigenvalue weighted by molar-refractivity contribution is 5.97. The van der Waals surface area contributed by atoms with Crippen molar-refractivity contribution in [3.05, 3.63) is 29.6 Å². The molecule has 6 heteroatoms. The summed E-state index contributed by atoms with van der Waals surface area (Å²) in [5.74, 6) is -0.545. The molecule has 1 aliphatic heterocycles. The fourth-order valence-electron chi connectivity index (χ4n) is 1.79. The summed E-state index contributed by atoms with van der Waals surface area (Å²) in [4.78, 5) is 0. The minimum absolute atomic E-state index is 0.0353. The van der Waals surface area contributed by atoms with E-state index in [1.54, 1.807) is 0 Å². The van der Waals surface area contributed by atoms with Gasteiger partial charge in [0.15, 0.2) is 17.4 Å². The number of rotatable bonds is 4. The molecule has 2 rings (SSSR count). The first kappa shape index (κ1) is 12.6. The van der Waals surface area contributed by atoms with Gasteiger partial charge in [-0.25, -0.2) is 4.39 Å². The predicted octanol–water partition coefficient (Wildman–Crippen LogP) is 1.48. The van der Waals surface area contributed by atoms with Gasteiger partial charge >= 0.3 is 0 Å². The molecule has 5 nitrogen and oxygen atoms in total. The molecule has 1 unspecified atom stereocenters. The third-order valence-corrected chi connectivity index (χ3v) is 2.78. The van der Waals surface area contributed by atoms with Gasteiger partial charge in [-0.05, 0) is 31.0 Å². The second kappa shape index (κ2) is 5.68.